The van der Waals surface area contributed by atoms with Gasteiger partial charge in [0.05, 0.1) is 4.92 Å². The number of nitro benzene ring substituents is 1. The van der Waals surface area contributed by atoms with E-state index in [0.717, 1.165) is 5.56 Å². The van der Waals surface area contributed by atoms with E-state index in [1.807, 2.05) is 30.3 Å². The van der Waals surface area contributed by atoms with Gasteiger partial charge in [-0.25, -0.2) is 0 Å². The highest BCUT2D eigenvalue weighted by atomic mass is 16.6. The Labute approximate surface area is 121 Å². The van der Waals surface area contributed by atoms with Crippen LogP contribution < -0.4 is 10.6 Å². The molecule has 0 fully saturated rings. The summed E-state index contributed by atoms with van der Waals surface area (Å²) < 4.78 is 0. The molecule has 108 valence electrons. The van der Waals surface area contributed by atoms with E-state index in [2.05, 4.69) is 10.6 Å². The molecule has 2 aromatic carbocycles. The van der Waals surface area contributed by atoms with Crippen molar-refractivity contribution in [1.82, 2.24) is 5.32 Å². The molecule has 0 aliphatic heterocycles. The Morgan fingerprint density at radius 3 is 2.52 bits per heavy atom. The Balaban J connectivity index is 2.26. The van der Waals surface area contributed by atoms with Crippen LogP contribution in [0.1, 0.15) is 15.9 Å². The lowest BCUT2D eigenvalue weighted by molar-refractivity contribution is -0.384. The lowest BCUT2D eigenvalue weighted by Gasteiger charge is -2.09. The minimum Gasteiger partial charge on any atom is -0.375 e. The highest BCUT2D eigenvalue weighted by Crippen LogP contribution is 2.26. The van der Waals surface area contributed by atoms with Crippen LogP contribution in [0.4, 0.5) is 11.4 Å². The predicted octanol–water partition coefficient (Wildman–Crippen LogP) is 2.57. The molecule has 1 amide bonds. The largest absolute Gasteiger partial charge is 0.375 e. The van der Waals surface area contributed by atoms with Gasteiger partial charge in [0.25, 0.3) is 11.6 Å². The number of rotatable bonds is 5. The van der Waals surface area contributed by atoms with Gasteiger partial charge >= 0.3 is 0 Å². The molecule has 2 rings (SSSR count). The minimum absolute atomic E-state index is 0.0569. The van der Waals surface area contributed by atoms with Crippen LogP contribution in [-0.2, 0) is 6.54 Å². The van der Waals surface area contributed by atoms with Crippen LogP contribution in [-0.4, -0.2) is 17.9 Å². The molecular weight excluding hydrogens is 270 g/mol. The first kappa shape index (κ1) is 14.5. The number of carbonyl (C=O) groups is 1. The standard InChI is InChI=1S/C15H15N3O3/c1-16-15(19)12-7-8-14(18(20)21)13(9-12)17-10-11-5-3-2-4-6-11/h2-9,17H,10H2,1H3,(H,16,19). The summed E-state index contributed by atoms with van der Waals surface area (Å²) in [6, 6.07) is 13.8. The number of hydrogen-bond donors (Lipinski definition) is 2. The number of hydrogen-bond acceptors (Lipinski definition) is 4. The van der Waals surface area contributed by atoms with Crippen molar-refractivity contribution in [2.45, 2.75) is 6.54 Å². The van der Waals surface area contributed by atoms with Crippen LogP contribution in [0.2, 0.25) is 0 Å². The fourth-order valence-electron chi connectivity index (χ4n) is 1.92. The number of anilines is 1. The number of nitrogens with zero attached hydrogens (tertiary/aromatic N) is 1. The summed E-state index contributed by atoms with van der Waals surface area (Å²) in [5.41, 5.74) is 1.64. The van der Waals surface area contributed by atoms with Crippen molar-refractivity contribution in [3.05, 3.63) is 69.8 Å². The third-order valence-electron chi connectivity index (χ3n) is 3.01. The van der Waals surface area contributed by atoms with Gasteiger partial charge in [-0.1, -0.05) is 30.3 Å². The monoisotopic (exact) mass is 285 g/mol. The highest BCUT2D eigenvalue weighted by molar-refractivity contribution is 5.95. The van der Waals surface area contributed by atoms with E-state index in [0.29, 0.717) is 17.8 Å². The summed E-state index contributed by atoms with van der Waals surface area (Å²) in [6.45, 7) is 0.443. The maximum Gasteiger partial charge on any atom is 0.292 e. The van der Waals surface area contributed by atoms with Gasteiger partial charge in [-0.3, -0.25) is 14.9 Å². The Morgan fingerprint density at radius 1 is 1.19 bits per heavy atom. The van der Waals surface area contributed by atoms with Crippen molar-refractivity contribution in [3.8, 4) is 0 Å². The second-order valence-corrected chi connectivity index (χ2v) is 4.41. The predicted molar refractivity (Wildman–Crippen MR) is 80.3 cm³/mol. The molecule has 0 aliphatic carbocycles. The van der Waals surface area contributed by atoms with Gasteiger partial charge in [-0.2, -0.15) is 0 Å². The van der Waals surface area contributed by atoms with Crippen molar-refractivity contribution < 1.29 is 9.72 Å². The average molecular weight is 285 g/mol. The molecule has 0 heterocycles. The number of nitrogens with one attached hydrogen (secondary N) is 2. The van der Waals surface area contributed by atoms with Gasteiger partial charge in [0.2, 0.25) is 0 Å². The zero-order valence-corrected chi connectivity index (χ0v) is 11.5. The van der Waals surface area contributed by atoms with E-state index in [1.54, 1.807) is 0 Å². The highest BCUT2D eigenvalue weighted by Gasteiger charge is 2.16. The van der Waals surface area contributed by atoms with Crippen molar-refractivity contribution in [2.24, 2.45) is 0 Å². The molecule has 6 nitrogen and oxygen atoms in total. The molecule has 0 atom stereocenters. The third-order valence-corrected chi connectivity index (χ3v) is 3.01. The quantitative estimate of drug-likeness (QED) is 0.653. The van der Waals surface area contributed by atoms with E-state index in [9.17, 15) is 14.9 Å². The second-order valence-electron chi connectivity index (χ2n) is 4.41. The second kappa shape index (κ2) is 6.51. The third kappa shape index (κ3) is 3.56. The van der Waals surface area contributed by atoms with Crippen LogP contribution in [0, 0.1) is 10.1 Å². The van der Waals surface area contributed by atoms with Gasteiger partial charge in [0.1, 0.15) is 5.69 Å². The molecule has 0 spiro atoms. The number of carbonyl (C=O) groups excluding carboxylic acids is 1. The molecule has 0 bridgehead atoms. The van der Waals surface area contributed by atoms with Gasteiger partial charge in [0, 0.05) is 25.2 Å². The minimum atomic E-state index is -0.471. The SMILES string of the molecule is CNC(=O)c1ccc([N+](=O)[O-])c(NCc2ccccc2)c1. The van der Waals surface area contributed by atoms with Crippen molar-refractivity contribution in [1.29, 1.82) is 0 Å². The summed E-state index contributed by atoms with van der Waals surface area (Å²) in [5, 5.41) is 16.6. The summed E-state index contributed by atoms with van der Waals surface area (Å²) in [7, 11) is 1.51. The molecule has 0 saturated carbocycles. The topological polar surface area (TPSA) is 84.3 Å². The fraction of sp³-hybridized carbons (Fsp3) is 0.133. The van der Waals surface area contributed by atoms with E-state index in [4.69, 9.17) is 0 Å². The summed E-state index contributed by atoms with van der Waals surface area (Å²) in [4.78, 5) is 22.2. The molecule has 0 aliphatic rings. The maximum absolute atomic E-state index is 11.6. The first-order valence-electron chi connectivity index (χ1n) is 6.40. The smallest absolute Gasteiger partial charge is 0.292 e. The molecule has 2 aromatic rings. The lowest BCUT2D eigenvalue weighted by atomic mass is 10.1. The summed E-state index contributed by atoms with van der Waals surface area (Å²) in [6.07, 6.45) is 0. The van der Waals surface area contributed by atoms with Crippen LogP contribution in [0.5, 0.6) is 0 Å². The summed E-state index contributed by atoms with van der Waals surface area (Å²) >= 11 is 0. The van der Waals surface area contributed by atoms with Crippen LogP contribution in [0.25, 0.3) is 0 Å². The first-order chi connectivity index (χ1) is 10.1. The Bertz CT molecular complexity index is 656. The van der Waals surface area contributed by atoms with Crippen LogP contribution in [0.3, 0.4) is 0 Å². The van der Waals surface area contributed by atoms with E-state index in [-0.39, 0.29) is 11.6 Å². The number of amides is 1. The molecule has 0 unspecified atom stereocenters. The molecule has 0 radical (unpaired) electrons. The zero-order chi connectivity index (χ0) is 15.2. The normalized spacial score (nSPS) is 9.95. The van der Waals surface area contributed by atoms with Crippen LogP contribution >= 0.6 is 0 Å². The fourth-order valence-corrected chi connectivity index (χ4v) is 1.92. The van der Waals surface area contributed by atoms with Crippen molar-refractivity contribution in [3.63, 3.8) is 0 Å². The zero-order valence-electron chi connectivity index (χ0n) is 11.5. The van der Waals surface area contributed by atoms with Gasteiger partial charge in [-0.05, 0) is 17.7 Å². The lowest BCUT2D eigenvalue weighted by Crippen LogP contribution is -2.18. The van der Waals surface area contributed by atoms with E-state index >= 15 is 0 Å². The maximum atomic E-state index is 11.6. The first-order valence-corrected chi connectivity index (χ1v) is 6.40. The molecule has 6 heteroatoms. The Morgan fingerprint density at radius 2 is 1.90 bits per heavy atom. The van der Waals surface area contributed by atoms with E-state index in [1.165, 1.54) is 25.2 Å². The molecular formula is C15H15N3O3. The Hall–Kier alpha value is -2.89. The van der Waals surface area contributed by atoms with Crippen molar-refractivity contribution in [2.75, 3.05) is 12.4 Å². The van der Waals surface area contributed by atoms with Crippen molar-refractivity contribution >= 4 is 17.3 Å². The number of benzene rings is 2. The molecule has 0 aromatic heterocycles. The van der Waals surface area contributed by atoms with Gasteiger partial charge in [0.15, 0.2) is 0 Å². The molecule has 0 saturated heterocycles. The van der Waals surface area contributed by atoms with E-state index < -0.39 is 4.92 Å². The number of nitro groups is 1. The summed E-state index contributed by atoms with van der Waals surface area (Å²) in [5.74, 6) is -0.285. The van der Waals surface area contributed by atoms with Crippen LogP contribution in [0.15, 0.2) is 48.5 Å². The van der Waals surface area contributed by atoms with Gasteiger partial charge in [-0.15, -0.1) is 0 Å². The molecule has 2 N–H and O–H groups in total. The molecule has 21 heavy (non-hydrogen) atoms. The van der Waals surface area contributed by atoms with Gasteiger partial charge < -0.3 is 10.6 Å². The average Bonchev–Trinajstić information content (AvgIpc) is 2.52. The Kier molecular flexibility index (Phi) is 4.50.